The number of likely N-dealkylation sites (N-methyl/N-ethyl adjacent to an activating group) is 1. The molecule has 1 aromatic rings. The summed E-state index contributed by atoms with van der Waals surface area (Å²) in [7, 11) is 1.78. The minimum atomic E-state index is -0.744. The largest absolute Gasteiger partial charge is 0.457 e. The third-order valence-corrected chi connectivity index (χ3v) is 7.62. The zero-order valence-corrected chi connectivity index (χ0v) is 27.6. The Morgan fingerprint density at radius 2 is 1.67 bits per heavy atom. The second-order valence-electron chi connectivity index (χ2n) is 11.5. The van der Waals surface area contributed by atoms with E-state index < -0.39 is 18.0 Å². The molecular weight excluding hydrogens is 542 g/mol. The van der Waals surface area contributed by atoms with Crippen molar-refractivity contribution in [1.82, 2.24) is 16.0 Å². The Morgan fingerprint density at radius 1 is 1.00 bits per heavy atom. The van der Waals surface area contributed by atoms with Gasteiger partial charge in [-0.2, -0.15) is 0 Å². The molecule has 0 spiro atoms. The summed E-state index contributed by atoms with van der Waals surface area (Å²) >= 11 is 0. The van der Waals surface area contributed by atoms with Gasteiger partial charge in [0.2, 0.25) is 11.8 Å². The Hall–Kier alpha value is -3.52. The molecule has 0 aromatic heterocycles. The Kier molecular flexibility index (Phi) is 16.5. The summed E-state index contributed by atoms with van der Waals surface area (Å²) in [6.45, 7) is 18.7. The number of hydrogen-bond donors (Lipinski definition) is 3. The maximum atomic E-state index is 13.1. The van der Waals surface area contributed by atoms with Gasteiger partial charge in [-0.1, -0.05) is 83.6 Å². The smallest absolute Gasteiger partial charge is 0.323 e. The minimum Gasteiger partial charge on any atom is -0.457 e. The van der Waals surface area contributed by atoms with Crippen molar-refractivity contribution in [3.05, 3.63) is 51.9 Å². The molecule has 5 atom stereocenters. The number of allylic oxidation sites excluding steroid dienone is 1. The highest BCUT2D eigenvalue weighted by molar-refractivity contribution is 5.92. The minimum absolute atomic E-state index is 0.146. The summed E-state index contributed by atoms with van der Waals surface area (Å²) in [4.78, 5) is 49.8. The van der Waals surface area contributed by atoms with E-state index in [1.54, 1.807) is 14.0 Å². The first-order chi connectivity index (χ1) is 20.2. The number of carbonyl (C=O) groups is 4. The van der Waals surface area contributed by atoms with Gasteiger partial charge in [0.05, 0.1) is 12.0 Å². The zero-order chi connectivity index (χ0) is 32.7. The lowest BCUT2D eigenvalue weighted by atomic mass is 9.99. The second kappa shape index (κ2) is 18.9. The van der Waals surface area contributed by atoms with E-state index in [1.807, 2.05) is 77.1 Å². The number of ether oxygens (including phenoxy) is 1. The predicted octanol–water partition coefficient (Wildman–Crippen LogP) is 3.81. The highest BCUT2D eigenvalue weighted by Crippen LogP contribution is 2.12. The monoisotopic (exact) mass is 595 g/mol. The van der Waals surface area contributed by atoms with Crippen molar-refractivity contribution in [3.8, 4) is 0 Å². The van der Waals surface area contributed by atoms with Crippen LogP contribution in [0.4, 0.5) is 0 Å². The lowest BCUT2D eigenvalue weighted by Gasteiger charge is -2.24. The molecule has 0 aliphatic rings. The van der Waals surface area contributed by atoms with Gasteiger partial charge in [-0.15, -0.1) is 0 Å². The Bertz CT molecular complexity index is 1270. The Morgan fingerprint density at radius 3 is 2.21 bits per heavy atom. The van der Waals surface area contributed by atoms with Gasteiger partial charge in [0, 0.05) is 0 Å². The van der Waals surface area contributed by atoms with Crippen molar-refractivity contribution in [2.45, 2.75) is 105 Å². The number of amides is 2. The maximum Gasteiger partial charge on any atom is 0.323 e. The van der Waals surface area contributed by atoms with Crippen molar-refractivity contribution in [3.63, 3.8) is 0 Å². The van der Waals surface area contributed by atoms with Gasteiger partial charge in [-0.25, -0.2) is 0 Å². The van der Waals surface area contributed by atoms with Crippen LogP contribution in [0.25, 0.3) is 18.7 Å². The topological polar surface area (TPSA) is 114 Å². The second-order valence-corrected chi connectivity index (χ2v) is 11.5. The molecule has 43 heavy (non-hydrogen) atoms. The van der Waals surface area contributed by atoms with Crippen LogP contribution >= 0.6 is 0 Å². The average molecular weight is 596 g/mol. The number of ketones is 1. The van der Waals surface area contributed by atoms with Gasteiger partial charge in [0.15, 0.2) is 5.78 Å². The molecule has 3 unspecified atom stereocenters. The molecule has 8 nitrogen and oxygen atoms in total. The SMILES string of the molecule is C=c1cc(/C=C/[C@H](CC)C(=O)NC(C(=O)NC(C)C(C)=O)C(C)C)cc/c1=C/C=C(\C)[C@@H](C)OC(=O)C(CCCC)NC. The zero-order valence-electron chi connectivity index (χ0n) is 27.6. The quantitative estimate of drug-likeness (QED) is 0.236. The van der Waals surface area contributed by atoms with Crippen LogP contribution < -0.4 is 26.4 Å². The molecule has 238 valence electrons. The lowest BCUT2D eigenvalue weighted by molar-refractivity contribution is -0.149. The number of benzene rings is 1. The fraction of sp³-hybridized carbons (Fsp3) is 0.543. The van der Waals surface area contributed by atoms with Crippen LogP contribution in [0.3, 0.4) is 0 Å². The summed E-state index contributed by atoms with van der Waals surface area (Å²) in [5.74, 6) is -1.58. The van der Waals surface area contributed by atoms with E-state index >= 15 is 0 Å². The Balaban J connectivity index is 2.96. The molecule has 3 N–H and O–H groups in total. The summed E-state index contributed by atoms with van der Waals surface area (Å²) < 4.78 is 5.68. The molecule has 0 fully saturated rings. The molecule has 0 aliphatic carbocycles. The number of Topliss-reactive ketones (excluding diaryl/α,β-unsaturated/α-hetero) is 1. The van der Waals surface area contributed by atoms with E-state index in [2.05, 4.69) is 29.5 Å². The van der Waals surface area contributed by atoms with Gasteiger partial charge >= 0.3 is 5.97 Å². The van der Waals surface area contributed by atoms with E-state index in [-0.39, 0.29) is 41.6 Å². The fourth-order valence-electron chi connectivity index (χ4n) is 4.22. The van der Waals surface area contributed by atoms with Crippen molar-refractivity contribution in [2.24, 2.45) is 11.8 Å². The highest BCUT2D eigenvalue weighted by Gasteiger charge is 2.28. The van der Waals surface area contributed by atoms with Crippen molar-refractivity contribution in [1.29, 1.82) is 0 Å². The van der Waals surface area contributed by atoms with Crippen molar-refractivity contribution >= 4 is 42.3 Å². The fourth-order valence-corrected chi connectivity index (χ4v) is 4.22. The summed E-state index contributed by atoms with van der Waals surface area (Å²) in [6, 6.07) is 4.19. The van der Waals surface area contributed by atoms with Crippen LogP contribution in [0, 0.1) is 11.8 Å². The van der Waals surface area contributed by atoms with Crippen LogP contribution in [0.5, 0.6) is 0 Å². The molecule has 0 heterocycles. The van der Waals surface area contributed by atoms with Crippen molar-refractivity contribution < 1.29 is 23.9 Å². The van der Waals surface area contributed by atoms with Gasteiger partial charge in [-0.05, 0) is 81.1 Å². The normalized spacial score (nSPS) is 16.0. The van der Waals surface area contributed by atoms with Gasteiger partial charge in [0.1, 0.15) is 18.2 Å². The first kappa shape index (κ1) is 37.5. The molecule has 0 saturated heterocycles. The van der Waals surface area contributed by atoms with Gasteiger partial charge in [0.25, 0.3) is 0 Å². The molecule has 0 bridgehead atoms. The van der Waals surface area contributed by atoms with Crippen LogP contribution in [0.15, 0.2) is 35.9 Å². The predicted molar refractivity (Wildman–Crippen MR) is 175 cm³/mol. The molecule has 8 heteroatoms. The third kappa shape index (κ3) is 12.7. The first-order valence-electron chi connectivity index (χ1n) is 15.4. The van der Waals surface area contributed by atoms with E-state index in [9.17, 15) is 19.2 Å². The molecule has 2 amide bonds. The number of nitrogens with one attached hydrogen (secondary N) is 3. The first-order valence-corrected chi connectivity index (χ1v) is 15.4. The van der Waals surface area contributed by atoms with Gasteiger partial charge < -0.3 is 20.7 Å². The van der Waals surface area contributed by atoms with Crippen LogP contribution in [-0.4, -0.2) is 54.8 Å². The molecule has 0 aliphatic heterocycles. The van der Waals surface area contributed by atoms with E-state index in [1.165, 1.54) is 6.92 Å². The van der Waals surface area contributed by atoms with E-state index in [0.29, 0.717) is 6.42 Å². The van der Waals surface area contributed by atoms with E-state index in [0.717, 1.165) is 40.8 Å². The molecule has 1 aromatic carbocycles. The number of hydrogen-bond acceptors (Lipinski definition) is 6. The standard InChI is InChI=1S/C35H53N3O5/c1-11-13-14-31(36-10)35(42)43-27(9)23(5)15-18-30-20-17-28(21-24(30)6)16-19-29(12-2)33(40)38-32(22(3)4)34(41)37-25(7)26(8)39/h15-22,25,27,29,31-32,36H,6,11-14H2,1-5,7-10H3,(H,37,41)(H,38,40)/b19-16+,23-15+,30-18-/t25?,27-,29+,31?,32?/m1/s1. The number of carbonyl (C=O) groups excluding carboxylic acids is 4. The number of rotatable bonds is 17. The summed E-state index contributed by atoms with van der Waals surface area (Å²) in [6.07, 6.45) is 10.5. The number of unbranched alkanes of at least 4 members (excludes halogenated alkanes) is 1. The number of esters is 1. The maximum absolute atomic E-state index is 13.1. The van der Waals surface area contributed by atoms with Crippen LogP contribution in [0.1, 0.15) is 86.6 Å². The highest BCUT2D eigenvalue weighted by atomic mass is 16.5. The molecule has 0 saturated carbocycles. The summed E-state index contributed by atoms with van der Waals surface area (Å²) in [5.41, 5.74) is 1.82. The van der Waals surface area contributed by atoms with Gasteiger partial charge in [-0.3, -0.25) is 19.2 Å². The van der Waals surface area contributed by atoms with Crippen LogP contribution in [0.2, 0.25) is 0 Å². The molecule has 1 rings (SSSR count). The van der Waals surface area contributed by atoms with Crippen molar-refractivity contribution in [2.75, 3.05) is 7.05 Å². The Labute approximate surface area is 258 Å². The third-order valence-electron chi connectivity index (χ3n) is 7.62. The average Bonchev–Trinajstić information content (AvgIpc) is 2.95. The molecular formula is C35H53N3O5. The summed E-state index contributed by atoms with van der Waals surface area (Å²) in [5, 5.41) is 10.3. The molecule has 0 radical (unpaired) electrons. The van der Waals surface area contributed by atoms with E-state index in [4.69, 9.17) is 4.74 Å². The lowest BCUT2D eigenvalue weighted by Crippen LogP contribution is -2.53. The van der Waals surface area contributed by atoms with Crippen LogP contribution in [-0.2, 0) is 23.9 Å².